The normalized spacial score (nSPS) is 31.4. The fourth-order valence-electron chi connectivity index (χ4n) is 4.04. The Bertz CT molecular complexity index is 619. The van der Waals surface area contributed by atoms with E-state index in [0.29, 0.717) is 5.75 Å². The maximum Gasteiger partial charge on any atom is 0.115 e. The van der Waals surface area contributed by atoms with Gasteiger partial charge in [0.05, 0.1) is 11.6 Å². The number of hydrogen-bond acceptors (Lipinski definition) is 3. The molecule has 1 aromatic carbocycles. The highest BCUT2D eigenvalue weighted by atomic mass is 16.5. The molecule has 3 nitrogen and oxygen atoms in total. The molecule has 1 N–H and O–H groups in total. The summed E-state index contributed by atoms with van der Waals surface area (Å²) in [5.41, 5.74) is 3.88. The number of phenolic OH excluding ortho intramolecular Hbond substituents is 1. The Morgan fingerprint density at radius 2 is 2.30 bits per heavy atom. The summed E-state index contributed by atoms with van der Waals surface area (Å²) in [5.74, 6) is 0.356. The molecule has 0 bridgehead atoms. The first-order chi connectivity index (χ1) is 9.74. The average Bonchev–Trinajstić information content (AvgIpc) is 2.86. The number of phenols is 1. The van der Waals surface area contributed by atoms with Gasteiger partial charge in [0, 0.05) is 26.6 Å². The molecule has 4 rings (SSSR count). The van der Waals surface area contributed by atoms with E-state index >= 15 is 0 Å². The third kappa shape index (κ3) is 1.48. The number of hydrogen-bond donors (Lipinski definition) is 1. The van der Waals surface area contributed by atoms with Gasteiger partial charge in [-0.15, -0.1) is 0 Å². The molecule has 0 saturated heterocycles. The average molecular weight is 269 g/mol. The molecule has 0 radical (unpaired) electrons. The Kier molecular flexibility index (Phi) is 2.56. The van der Waals surface area contributed by atoms with Crippen LogP contribution in [0.1, 0.15) is 17.5 Å². The van der Waals surface area contributed by atoms with E-state index in [-0.39, 0.29) is 11.6 Å². The highest BCUT2D eigenvalue weighted by Crippen LogP contribution is 2.51. The van der Waals surface area contributed by atoms with Crippen LogP contribution in [0.15, 0.2) is 42.0 Å². The lowest BCUT2D eigenvalue weighted by molar-refractivity contribution is 0.0514. The number of methoxy groups -OCH3 is 1. The Labute approximate surface area is 119 Å². The first-order valence-corrected chi connectivity index (χ1v) is 7.23. The SMILES string of the molecule is CO[C@H]1C=CC2=CCN3CCc4ccc(O)cc4[C@]23C1. The predicted octanol–water partition coefficient (Wildman–Crippen LogP) is 2.36. The molecule has 20 heavy (non-hydrogen) atoms. The maximum atomic E-state index is 9.93. The van der Waals surface area contributed by atoms with E-state index in [4.69, 9.17) is 4.74 Å². The molecule has 2 aliphatic heterocycles. The molecule has 0 saturated carbocycles. The number of nitrogens with zero attached hydrogens (tertiary/aromatic N) is 1. The summed E-state index contributed by atoms with van der Waals surface area (Å²) in [6.07, 6.45) is 8.80. The third-order valence-electron chi connectivity index (χ3n) is 5.03. The lowest BCUT2D eigenvalue weighted by Gasteiger charge is -2.48. The minimum Gasteiger partial charge on any atom is -0.508 e. The number of aromatic hydroxyl groups is 1. The van der Waals surface area contributed by atoms with E-state index in [1.807, 2.05) is 6.07 Å². The molecule has 2 heterocycles. The predicted molar refractivity (Wildman–Crippen MR) is 77.7 cm³/mol. The minimum absolute atomic E-state index is 0.0955. The van der Waals surface area contributed by atoms with Crippen LogP contribution in [0.3, 0.4) is 0 Å². The fourth-order valence-corrected chi connectivity index (χ4v) is 4.04. The van der Waals surface area contributed by atoms with Gasteiger partial charge in [-0.3, -0.25) is 4.90 Å². The Hall–Kier alpha value is -1.58. The molecule has 104 valence electrons. The first kappa shape index (κ1) is 12.2. The van der Waals surface area contributed by atoms with Crippen molar-refractivity contribution in [2.75, 3.05) is 20.2 Å². The van der Waals surface area contributed by atoms with Crippen LogP contribution in [0, 0.1) is 0 Å². The molecule has 3 aliphatic rings. The third-order valence-corrected chi connectivity index (χ3v) is 5.03. The quantitative estimate of drug-likeness (QED) is 0.849. The Morgan fingerprint density at radius 1 is 1.40 bits per heavy atom. The van der Waals surface area contributed by atoms with Crippen LogP contribution in [0.5, 0.6) is 5.75 Å². The number of benzene rings is 1. The molecule has 3 heteroatoms. The minimum atomic E-state index is -0.0955. The zero-order chi connectivity index (χ0) is 13.7. The van der Waals surface area contributed by atoms with Crippen LogP contribution in [0.4, 0.5) is 0 Å². The van der Waals surface area contributed by atoms with Crippen molar-refractivity contribution in [3.63, 3.8) is 0 Å². The molecule has 1 spiro atoms. The highest BCUT2D eigenvalue weighted by Gasteiger charge is 2.49. The molecule has 2 atom stereocenters. The van der Waals surface area contributed by atoms with Crippen LogP contribution >= 0.6 is 0 Å². The second-order valence-electron chi connectivity index (χ2n) is 5.89. The second-order valence-corrected chi connectivity index (χ2v) is 5.89. The van der Waals surface area contributed by atoms with Gasteiger partial charge in [0.2, 0.25) is 0 Å². The molecule has 0 amide bonds. The van der Waals surface area contributed by atoms with Gasteiger partial charge in [-0.1, -0.05) is 24.3 Å². The fraction of sp³-hybridized carbons (Fsp3) is 0.412. The van der Waals surface area contributed by atoms with Crippen molar-refractivity contribution in [2.24, 2.45) is 0 Å². The van der Waals surface area contributed by atoms with Gasteiger partial charge in [0.25, 0.3) is 0 Å². The van der Waals surface area contributed by atoms with Crippen molar-refractivity contribution in [1.29, 1.82) is 0 Å². The van der Waals surface area contributed by atoms with Crippen molar-refractivity contribution in [3.05, 3.63) is 53.1 Å². The Morgan fingerprint density at radius 3 is 3.15 bits per heavy atom. The molecule has 0 fully saturated rings. The van der Waals surface area contributed by atoms with Crippen molar-refractivity contribution in [1.82, 2.24) is 4.90 Å². The summed E-state index contributed by atoms with van der Waals surface area (Å²) in [7, 11) is 1.77. The largest absolute Gasteiger partial charge is 0.508 e. The summed E-state index contributed by atoms with van der Waals surface area (Å²) < 4.78 is 5.59. The molecule has 0 aromatic heterocycles. The topological polar surface area (TPSA) is 32.7 Å². The Balaban J connectivity index is 1.92. The van der Waals surface area contributed by atoms with Crippen molar-refractivity contribution >= 4 is 0 Å². The summed E-state index contributed by atoms with van der Waals surface area (Å²) in [5, 5.41) is 9.93. The van der Waals surface area contributed by atoms with Crippen molar-refractivity contribution in [3.8, 4) is 5.75 Å². The molecular weight excluding hydrogens is 250 g/mol. The summed E-state index contributed by atoms with van der Waals surface area (Å²) in [4.78, 5) is 2.53. The van der Waals surface area contributed by atoms with Crippen LogP contribution in [-0.2, 0) is 16.7 Å². The highest BCUT2D eigenvalue weighted by molar-refractivity contribution is 5.53. The second kappa shape index (κ2) is 4.21. The van der Waals surface area contributed by atoms with E-state index < -0.39 is 0 Å². The lowest BCUT2D eigenvalue weighted by Crippen LogP contribution is -2.51. The van der Waals surface area contributed by atoms with Crippen LogP contribution in [0.2, 0.25) is 0 Å². The van der Waals surface area contributed by atoms with Crippen molar-refractivity contribution in [2.45, 2.75) is 24.5 Å². The van der Waals surface area contributed by atoms with Gasteiger partial charge >= 0.3 is 0 Å². The number of fused-ring (bicyclic) bond motifs is 1. The van der Waals surface area contributed by atoms with E-state index in [1.54, 1.807) is 13.2 Å². The number of ether oxygens (including phenoxy) is 1. The van der Waals surface area contributed by atoms with Gasteiger partial charge in [-0.05, 0) is 35.3 Å². The number of rotatable bonds is 1. The van der Waals surface area contributed by atoms with E-state index in [2.05, 4.69) is 29.2 Å². The van der Waals surface area contributed by atoms with Gasteiger partial charge < -0.3 is 9.84 Å². The summed E-state index contributed by atoms with van der Waals surface area (Å²) in [6, 6.07) is 5.83. The lowest BCUT2D eigenvalue weighted by atomic mass is 9.71. The first-order valence-electron chi connectivity index (χ1n) is 7.23. The van der Waals surface area contributed by atoms with Crippen LogP contribution < -0.4 is 0 Å². The van der Waals surface area contributed by atoms with E-state index in [0.717, 1.165) is 25.9 Å². The van der Waals surface area contributed by atoms with Crippen LogP contribution in [-0.4, -0.2) is 36.3 Å². The monoisotopic (exact) mass is 269 g/mol. The maximum absolute atomic E-state index is 9.93. The molecular formula is C17H19NO2. The van der Waals surface area contributed by atoms with Gasteiger partial charge in [0.15, 0.2) is 0 Å². The van der Waals surface area contributed by atoms with E-state index in [9.17, 15) is 5.11 Å². The van der Waals surface area contributed by atoms with Gasteiger partial charge in [-0.25, -0.2) is 0 Å². The molecule has 1 aromatic rings. The van der Waals surface area contributed by atoms with E-state index in [1.165, 1.54) is 16.7 Å². The standard InChI is InChI=1S/C17H19NO2/c1-20-15-5-3-13-7-9-18-8-6-12-2-4-14(19)10-16(12)17(13,18)11-15/h2-5,7,10,15,19H,6,8-9,11H2,1H3/t15-,17-/m0/s1. The zero-order valence-electron chi connectivity index (χ0n) is 11.7. The molecule has 1 aliphatic carbocycles. The van der Waals surface area contributed by atoms with Gasteiger partial charge in [-0.2, -0.15) is 0 Å². The van der Waals surface area contributed by atoms with Gasteiger partial charge in [0.1, 0.15) is 5.75 Å². The smallest absolute Gasteiger partial charge is 0.115 e. The van der Waals surface area contributed by atoms with Crippen LogP contribution in [0.25, 0.3) is 0 Å². The zero-order valence-corrected chi connectivity index (χ0v) is 11.7. The summed E-state index contributed by atoms with van der Waals surface area (Å²) in [6.45, 7) is 2.06. The summed E-state index contributed by atoms with van der Waals surface area (Å²) >= 11 is 0. The van der Waals surface area contributed by atoms with Crippen molar-refractivity contribution < 1.29 is 9.84 Å². The molecule has 0 unspecified atom stereocenters.